The van der Waals surface area contributed by atoms with Gasteiger partial charge in [0.2, 0.25) is 5.82 Å². The molecule has 0 radical (unpaired) electrons. The normalized spacial score (nSPS) is 10.7. The number of rotatable bonds is 6. The van der Waals surface area contributed by atoms with E-state index in [2.05, 4.69) is 10.3 Å². The molecule has 0 bridgehead atoms. The lowest BCUT2D eigenvalue weighted by Gasteiger charge is -2.16. The van der Waals surface area contributed by atoms with Crippen LogP contribution in [0, 0.1) is 0 Å². The first-order valence-electron chi connectivity index (χ1n) is 9.77. The minimum Gasteiger partial charge on any atom is -0.349 e. The minimum absolute atomic E-state index is 0.198. The molecule has 0 aliphatic carbocycles. The van der Waals surface area contributed by atoms with Crippen LogP contribution in [0.2, 0.25) is 0 Å². The van der Waals surface area contributed by atoms with Crippen molar-refractivity contribution < 1.29 is 9.59 Å². The summed E-state index contributed by atoms with van der Waals surface area (Å²) in [4.78, 5) is 31.9. The van der Waals surface area contributed by atoms with Gasteiger partial charge in [-0.2, -0.15) is 0 Å². The van der Waals surface area contributed by atoms with Gasteiger partial charge < -0.3 is 10.2 Å². The minimum atomic E-state index is -0.312. The van der Waals surface area contributed by atoms with E-state index in [-0.39, 0.29) is 23.3 Å². The Morgan fingerprint density at radius 1 is 0.933 bits per heavy atom. The molecule has 4 rings (SSSR count). The third-order valence-electron chi connectivity index (χ3n) is 4.94. The number of imidazole rings is 1. The third kappa shape index (κ3) is 3.93. The molecule has 0 atom stereocenters. The predicted molar refractivity (Wildman–Crippen MR) is 117 cm³/mol. The number of nitrogens with one attached hydrogen (secondary N) is 1. The quantitative estimate of drug-likeness (QED) is 0.540. The van der Waals surface area contributed by atoms with Crippen molar-refractivity contribution in [2.75, 3.05) is 18.5 Å². The van der Waals surface area contributed by atoms with E-state index in [1.807, 2.05) is 72.8 Å². The Balaban J connectivity index is 1.57. The summed E-state index contributed by atoms with van der Waals surface area (Å²) in [5.74, 6) is -0.384. The fourth-order valence-corrected chi connectivity index (χ4v) is 3.33. The molecule has 1 N–H and O–H groups in total. The van der Waals surface area contributed by atoms with Crippen LogP contribution in [-0.4, -0.2) is 34.8 Å². The second-order valence-electron chi connectivity index (χ2n) is 6.93. The molecule has 6 heteroatoms. The third-order valence-corrected chi connectivity index (χ3v) is 4.94. The molecule has 0 aliphatic rings. The maximum absolute atomic E-state index is 13.1. The van der Waals surface area contributed by atoms with Crippen molar-refractivity contribution in [3.63, 3.8) is 0 Å². The summed E-state index contributed by atoms with van der Waals surface area (Å²) < 4.78 is 1.66. The monoisotopic (exact) mass is 398 g/mol. The first-order valence-corrected chi connectivity index (χ1v) is 9.77. The highest BCUT2D eigenvalue weighted by atomic mass is 16.2. The number of aromatic nitrogens is 2. The molecule has 2 amide bonds. The smallest absolute Gasteiger partial charge is 0.287 e. The van der Waals surface area contributed by atoms with Crippen LogP contribution in [0.4, 0.5) is 5.69 Å². The molecular weight excluding hydrogens is 376 g/mol. The van der Waals surface area contributed by atoms with E-state index in [9.17, 15) is 9.59 Å². The molecule has 2 aromatic carbocycles. The average Bonchev–Trinajstić information content (AvgIpc) is 3.19. The van der Waals surface area contributed by atoms with E-state index in [0.29, 0.717) is 12.1 Å². The number of carbonyl (C=O) groups excluding carboxylic acids is 2. The topological polar surface area (TPSA) is 66.7 Å². The van der Waals surface area contributed by atoms with Crippen molar-refractivity contribution in [3.05, 3.63) is 102 Å². The maximum Gasteiger partial charge on any atom is 0.287 e. The number of hydrogen-bond donors (Lipinski definition) is 1. The largest absolute Gasteiger partial charge is 0.349 e. The lowest BCUT2D eigenvalue weighted by molar-refractivity contribution is 0.0943. The molecule has 0 saturated heterocycles. The van der Waals surface area contributed by atoms with Gasteiger partial charge in [-0.1, -0.05) is 54.6 Å². The Labute approximate surface area is 174 Å². The lowest BCUT2D eigenvalue weighted by Crippen LogP contribution is -2.28. The van der Waals surface area contributed by atoms with E-state index >= 15 is 0 Å². The van der Waals surface area contributed by atoms with Crippen LogP contribution in [0.15, 0.2) is 85.1 Å². The average molecular weight is 398 g/mol. The molecular formula is C24H22N4O2. The molecule has 0 spiro atoms. The molecule has 6 nitrogen and oxygen atoms in total. The highest BCUT2D eigenvalue weighted by Gasteiger charge is 2.24. The number of nitrogens with zero attached hydrogens (tertiary/aromatic N) is 3. The van der Waals surface area contributed by atoms with Crippen molar-refractivity contribution in [1.29, 1.82) is 0 Å². The van der Waals surface area contributed by atoms with Crippen molar-refractivity contribution in [2.45, 2.75) is 6.42 Å². The molecule has 0 saturated carbocycles. The van der Waals surface area contributed by atoms with Gasteiger partial charge in [-0.15, -0.1) is 0 Å². The van der Waals surface area contributed by atoms with E-state index in [1.165, 1.54) is 4.90 Å². The summed E-state index contributed by atoms with van der Waals surface area (Å²) in [5.41, 5.74) is 2.74. The van der Waals surface area contributed by atoms with Crippen LogP contribution in [0.3, 0.4) is 0 Å². The van der Waals surface area contributed by atoms with Gasteiger partial charge in [0, 0.05) is 25.5 Å². The number of anilines is 1. The number of carbonyl (C=O) groups is 2. The van der Waals surface area contributed by atoms with Crippen molar-refractivity contribution >= 4 is 23.0 Å². The number of para-hydroxylation sites is 1. The summed E-state index contributed by atoms with van der Waals surface area (Å²) in [5, 5.41) is 2.91. The number of hydrogen-bond acceptors (Lipinski definition) is 3. The predicted octanol–water partition coefficient (Wildman–Crippen LogP) is 3.58. The Hall–Kier alpha value is -3.93. The summed E-state index contributed by atoms with van der Waals surface area (Å²) in [6.07, 6.45) is 2.46. The van der Waals surface area contributed by atoms with Crippen molar-refractivity contribution in [1.82, 2.24) is 14.7 Å². The number of amides is 2. The number of benzene rings is 2. The van der Waals surface area contributed by atoms with Crippen LogP contribution in [0.25, 0.3) is 5.52 Å². The van der Waals surface area contributed by atoms with Gasteiger partial charge in [0.15, 0.2) is 5.69 Å². The van der Waals surface area contributed by atoms with Gasteiger partial charge in [0.1, 0.15) is 0 Å². The molecule has 0 aliphatic heterocycles. The molecule has 150 valence electrons. The van der Waals surface area contributed by atoms with Crippen LogP contribution in [0.1, 0.15) is 26.7 Å². The van der Waals surface area contributed by atoms with Crippen LogP contribution >= 0.6 is 0 Å². The second-order valence-corrected chi connectivity index (χ2v) is 6.93. The number of fused-ring (bicyclic) bond motifs is 1. The standard InChI is InChI=1S/C24H22N4O2/c1-27(19-12-6-3-7-13-19)24(30)21-20-14-8-9-17-28(20)22(26-21)23(29)25-16-15-18-10-4-2-5-11-18/h2-14,17H,15-16H2,1H3,(H,25,29). The van der Waals surface area contributed by atoms with Gasteiger partial charge in [0.05, 0.1) is 5.52 Å². The maximum atomic E-state index is 13.1. The second kappa shape index (κ2) is 8.61. The summed E-state index contributed by atoms with van der Waals surface area (Å²) >= 11 is 0. The van der Waals surface area contributed by atoms with E-state index in [0.717, 1.165) is 17.7 Å². The first-order chi connectivity index (χ1) is 14.6. The molecule has 30 heavy (non-hydrogen) atoms. The van der Waals surface area contributed by atoms with Crippen LogP contribution in [-0.2, 0) is 6.42 Å². The van der Waals surface area contributed by atoms with E-state index in [1.54, 1.807) is 23.7 Å². The zero-order chi connectivity index (χ0) is 20.9. The zero-order valence-corrected chi connectivity index (χ0v) is 16.7. The molecule has 2 heterocycles. The van der Waals surface area contributed by atoms with Crippen LogP contribution < -0.4 is 10.2 Å². The molecule has 2 aromatic heterocycles. The van der Waals surface area contributed by atoms with E-state index in [4.69, 9.17) is 0 Å². The highest BCUT2D eigenvalue weighted by Crippen LogP contribution is 2.19. The van der Waals surface area contributed by atoms with Crippen LogP contribution in [0.5, 0.6) is 0 Å². The Bertz CT molecular complexity index is 1170. The molecule has 0 fully saturated rings. The summed E-state index contributed by atoms with van der Waals surface area (Å²) in [6, 6.07) is 24.7. The Morgan fingerprint density at radius 3 is 2.33 bits per heavy atom. The summed E-state index contributed by atoms with van der Waals surface area (Å²) in [6.45, 7) is 0.484. The fourth-order valence-electron chi connectivity index (χ4n) is 3.33. The first kappa shape index (κ1) is 19.4. The van der Waals surface area contributed by atoms with Gasteiger partial charge >= 0.3 is 0 Å². The fraction of sp³-hybridized carbons (Fsp3) is 0.125. The zero-order valence-electron chi connectivity index (χ0n) is 16.7. The highest BCUT2D eigenvalue weighted by molar-refractivity contribution is 6.10. The van der Waals surface area contributed by atoms with E-state index < -0.39 is 0 Å². The van der Waals surface area contributed by atoms with Gasteiger partial charge in [0.25, 0.3) is 11.8 Å². The Morgan fingerprint density at radius 2 is 1.60 bits per heavy atom. The lowest BCUT2D eigenvalue weighted by atomic mass is 10.1. The SMILES string of the molecule is CN(C(=O)c1nc(C(=O)NCCc2ccccc2)n2ccccc12)c1ccccc1. The number of pyridine rings is 1. The van der Waals surface area contributed by atoms with Crippen molar-refractivity contribution in [3.8, 4) is 0 Å². The molecule has 0 unspecified atom stereocenters. The van der Waals surface area contributed by atoms with Gasteiger partial charge in [-0.05, 0) is 36.2 Å². The van der Waals surface area contributed by atoms with Gasteiger partial charge in [-0.25, -0.2) is 4.98 Å². The van der Waals surface area contributed by atoms with Gasteiger partial charge in [-0.3, -0.25) is 14.0 Å². The Kier molecular flexibility index (Phi) is 5.57. The molecule has 4 aromatic rings. The van der Waals surface area contributed by atoms with Crippen molar-refractivity contribution in [2.24, 2.45) is 0 Å². The summed E-state index contributed by atoms with van der Waals surface area (Å²) in [7, 11) is 1.70.